The van der Waals surface area contributed by atoms with E-state index in [0.717, 1.165) is 25.9 Å². The lowest BCUT2D eigenvalue weighted by Crippen LogP contribution is -2.34. The lowest BCUT2D eigenvalue weighted by Gasteiger charge is -2.32. The van der Waals surface area contributed by atoms with Crippen molar-refractivity contribution in [3.63, 3.8) is 0 Å². The molecule has 2 aromatic carbocycles. The van der Waals surface area contributed by atoms with Crippen LogP contribution >= 0.6 is 0 Å². The van der Waals surface area contributed by atoms with Gasteiger partial charge in [0.05, 0.1) is 11.4 Å². The van der Waals surface area contributed by atoms with Crippen LogP contribution in [-0.2, 0) is 0 Å². The van der Waals surface area contributed by atoms with E-state index in [1.165, 1.54) is 11.6 Å². The maximum atomic E-state index is 13.6. The molecular weight excluding hydrogens is 331 g/mol. The first-order valence-corrected chi connectivity index (χ1v) is 8.74. The highest BCUT2D eigenvalue weighted by atomic mass is 19.1. The number of aromatic hydroxyl groups is 1. The molecule has 2 aromatic rings. The molecule has 0 atom stereocenters. The third-order valence-corrected chi connectivity index (χ3v) is 4.73. The van der Waals surface area contributed by atoms with E-state index in [9.17, 15) is 9.50 Å². The Bertz CT molecular complexity index is 785. The van der Waals surface area contributed by atoms with E-state index < -0.39 is 0 Å². The van der Waals surface area contributed by atoms with E-state index in [1.807, 2.05) is 12.1 Å². The van der Waals surface area contributed by atoms with Crippen molar-refractivity contribution in [2.75, 3.05) is 25.0 Å². The van der Waals surface area contributed by atoms with Gasteiger partial charge < -0.3 is 10.4 Å². The summed E-state index contributed by atoms with van der Waals surface area (Å²) in [6.07, 6.45) is 3.58. The van der Waals surface area contributed by atoms with Crippen molar-refractivity contribution in [1.29, 1.82) is 5.53 Å². The Hall–Kier alpha value is -2.73. The van der Waals surface area contributed by atoms with Crippen molar-refractivity contribution >= 4 is 5.69 Å². The Labute approximate surface area is 152 Å². The fourth-order valence-electron chi connectivity index (χ4n) is 3.28. The summed E-state index contributed by atoms with van der Waals surface area (Å²) < 4.78 is 13.6. The molecule has 5 nitrogen and oxygen atoms in total. The lowest BCUT2D eigenvalue weighted by atomic mass is 9.89. The molecular formula is C20H23FN4O. The number of benzene rings is 2. The van der Waals surface area contributed by atoms with Crippen LogP contribution in [0.4, 0.5) is 10.1 Å². The molecule has 3 rings (SSSR count). The van der Waals surface area contributed by atoms with Gasteiger partial charge in [0.2, 0.25) is 0 Å². The monoisotopic (exact) mass is 354 g/mol. The molecule has 26 heavy (non-hydrogen) atoms. The first-order chi connectivity index (χ1) is 12.7. The molecule has 3 N–H and O–H groups in total. The molecule has 0 spiro atoms. The van der Waals surface area contributed by atoms with Gasteiger partial charge in [-0.2, -0.15) is 5.11 Å². The van der Waals surface area contributed by atoms with Crippen molar-refractivity contribution < 1.29 is 9.50 Å². The Morgan fingerprint density at radius 3 is 2.69 bits per heavy atom. The number of halogens is 1. The number of likely N-dealkylation sites (tertiary alicyclic amines) is 1. The second kappa shape index (κ2) is 8.58. The summed E-state index contributed by atoms with van der Waals surface area (Å²) in [5.74, 6) is 0.414. The summed E-state index contributed by atoms with van der Waals surface area (Å²) in [6.45, 7) is 2.34. The summed E-state index contributed by atoms with van der Waals surface area (Å²) in [6, 6.07) is 13.9. The highest BCUT2D eigenvalue weighted by Gasteiger charge is 2.21. The zero-order valence-corrected chi connectivity index (χ0v) is 14.5. The molecule has 1 fully saturated rings. The van der Waals surface area contributed by atoms with Crippen LogP contribution in [0.25, 0.3) is 0 Å². The maximum absolute atomic E-state index is 13.6. The van der Waals surface area contributed by atoms with E-state index in [0.29, 0.717) is 29.6 Å². The standard InChI is InChI=1S/C20H23FN4O/c21-19-6-1-2-7-20(19)23-13-17(24-22)14-25-10-8-15(9-11-25)16-4-3-5-18(26)12-16/h1-7,12-13,15,22-23,26H,8-11,14H2/b17-13-,24-22?. The maximum Gasteiger partial charge on any atom is 0.146 e. The number of rotatable bonds is 6. The molecule has 1 heterocycles. The van der Waals surface area contributed by atoms with E-state index in [4.69, 9.17) is 5.53 Å². The summed E-state index contributed by atoms with van der Waals surface area (Å²) in [5, 5.41) is 16.1. The minimum atomic E-state index is -0.333. The Morgan fingerprint density at radius 2 is 2.00 bits per heavy atom. The lowest BCUT2D eigenvalue weighted by molar-refractivity contribution is 0.227. The molecule has 0 aromatic heterocycles. The second-order valence-corrected chi connectivity index (χ2v) is 6.52. The predicted molar refractivity (Wildman–Crippen MR) is 99.8 cm³/mol. The van der Waals surface area contributed by atoms with Gasteiger partial charge in [0, 0.05) is 12.7 Å². The largest absolute Gasteiger partial charge is 0.508 e. The summed E-state index contributed by atoms with van der Waals surface area (Å²) in [5.41, 5.74) is 9.47. The minimum absolute atomic E-state index is 0.308. The van der Waals surface area contributed by atoms with E-state index in [2.05, 4.69) is 21.4 Å². The number of phenolic OH excluding ortho intramolecular Hbond substituents is 1. The van der Waals surface area contributed by atoms with Crippen molar-refractivity contribution in [2.24, 2.45) is 5.11 Å². The smallest absolute Gasteiger partial charge is 0.146 e. The first-order valence-electron chi connectivity index (χ1n) is 8.74. The quantitative estimate of drug-likeness (QED) is 0.659. The third kappa shape index (κ3) is 4.67. The number of piperidine rings is 1. The van der Waals surface area contributed by atoms with Gasteiger partial charge in [0.1, 0.15) is 11.6 Å². The van der Waals surface area contributed by atoms with Crippen molar-refractivity contribution in [1.82, 2.24) is 4.90 Å². The molecule has 6 heteroatoms. The predicted octanol–water partition coefficient (Wildman–Crippen LogP) is 4.70. The van der Waals surface area contributed by atoms with E-state index in [-0.39, 0.29) is 5.82 Å². The second-order valence-electron chi connectivity index (χ2n) is 6.52. The van der Waals surface area contributed by atoms with Gasteiger partial charge in [0.15, 0.2) is 0 Å². The van der Waals surface area contributed by atoms with Gasteiger partial charge in [-0.3, -0.25) is 4.90 Å². The third-order valence-electron chi connectivity index (χ3n) is 4.73. The van der Waals surface area contributed by atoms with Crippen LogP contribution in [0.15, 0.2) is 65.5 Å². The summed E-state index contributed by atoms with van der Waals surface area (Å²) in [7, 11) is 0. The van der Waals surface area contributed by atoms with Crippen LogP contribution in [0.5, 0.6) is 5.75 Å². The van der Waals surface area contributed by atoms with Gasteiger partial charge in [-0.05, 0) is 61.7 Å². The number of nitrogens with zero attached hydrogens (tertiary/aromatic N) is 2. The molecule has 136 valence electrons. The first kappa shape index (κ1) is 18.1. The van der Waals surface area contributed by atoms with E-state index >= 15 is 0 Å². The van der Waals surface area contributed by atoms with Gasteiger partial charge in [-0.1, -0.05) is 24.3 Å². The highest BCUT2D eigenvalue weighted by molar-refractivity contribution is 5.47. The van der Waals surface area contributed by atoms with Gasteiger partial charge in [0.25, 0.3) is 0 Å². The molecule has 0 saturated carbocycles. The fraction of sp³-hybridized carbons (Fsp3) is 0.300. The molecule has 1 aliphatic heterocycles. The van der Waals surface area contributed by atoms with Crippen molar-refractivity contribution in [3.8, 4) is 5.75 Å². The number of para-hydroxylation sites is 1. The summed E-state index contributed by atoms with van der Waals surface area (Å²) in [4.78, 5) is 2.24. The molecule has 0 unspecified atom stereocenters. The van der Waals surface area contributed by atoms with Crippen molar-refractivity contribution in [2.45, 2.75) is 18.8 Å². The Kier molecular flexibility index (Phi) is 5.96. The molecule has 1 aliphatic rings. The average Bonchev–Trinajstić information content (AvgIpc) is 2.67. The Balaban J connectivity index is 1.55. The number of hydrogen-bond acceptors (Lipinski definition) is 5. The van der Waals surface area contributed by atoms with Crippen LogP contribution in [0.2, 0.25) is 0 Å². The Morgan fingerprint density at radius 1 is 1.23 bits per heavy atom. The highest BCUT2D eigenvalue weighted by Crippen LogP contribution is 2.30. The van der Waals surface area contributed by atoms with E-state index in [1.54, 1.807) is 30.5 Å². The van der Waals surface area contributed by atoms with Crippen molar-refractivity contribution in [3.05, 3.63) is 71.8 Å². The molecule has 0 radical (unpaired) electrons. The molecule has 0 amide bonds. The van der Waals surface area contributed by atoms with Crippen LogP contribution in [0.1, 0.15) is 24.3 Å². The number of phenols is 1. The van der Waals surface area contributed by atoms with Crippen LogP contribution in [0, 0.1) is 11.3 Å². The average molecular weight is 354 g/mol. The topological polar surface area (TPSA) is 71.7 Å². The van der Waals surface area contributed by atoms with Gasteiger partial charge in [-0.15, -0.1) is 0 Å². The number of nitrogens with one attached hydrogen (secondary N) is 2. The number of anilines is 1. The van der Waals surface area contributed by atoms with Crippen LogP contribution < -0.4 is 5.32 Å². The molecule has 1 saturated heterocycles. The van der Waals surface area contributed by atoms with Crippen LogP contribution in [-0.4, -0.2) is 29.6 Å². The molecule has 0 bridgehead atoms. The normalized spacial score (nSPS) is 16.4. The fourth-order valence-corrected chi connectivity index (χ4v) is 3.28. The van der Waals surface area contributed by atoms with Gasteiger partial charge in [-0.25, -0.2) is 9.92 Å². The zero-order chi connectivity index (χ0) is 18.4. The SMILES string of the molecule is N=N/C(=C\Nc1ccccc1F)CN1CCC(c2cccc(O)c2)CC1. The zero-order valence-electron chi connectivity index (χ0n) is 14.5. The number of hydrogen-bond donors (Lipinski definition) is 3. The molecule has 0 aliphatic carbocycles. The van der Waals surface area contributed by atoms with Gasteiger partial charge >= 0.3 is 0 Å². The minimum Gasteiger partial charge on any atom is -0.508 e. The van der Waals surface area contributed by atoms with Crippen LogP contribution in [0.3, 0.4) is 0 Å². The summed E-state index contributed by atoms with van der Waals surface area (Å²) >= 11 is 0.